The minimum absolute atomic E-state index is 0.0482. The predicted molar refractivity (Wildman–Crippen MR) is 121 cm³/mol. The van der Waals surface area contributed by atoms with E-state index >= 15 is 0 Å². The van der Waals surface area contributed by atoms with Gasteiger partial charge in [-0.3, -0.25) is 0 Å². The van der Waals surface area contributed by atoms with Gasteiger partial charge >= 0.3 is 0 Å². The molecule has 0 atom stereocenters. The van der Waals surface area contributed by atoms with Crippen molar-refractivity contribution in [3.8, 4) is 11.1 Å². The molecule has 0 aliphatic rings. The van der Waals surface area contributed by atoms with Gasteiger partial charge in [0.1, 0.15) is 0 Å². The molecule has 4 aromatic carbocycles. The Labute approximate surface area is 166 Å². The van der Waals surface area contributed by atoms with Crippen molar-refractivity contribution in [1.82, 2.24) is 0 Å². The minimum atomic E-state index is -0.0482. The van der Waals surface area contributed by atoms with Crippen LogP contribution in [0.1, 0.15) is 0 Å². The smallest absolute Gasteiger partial charge is 0.0333 e. The van der Waals surface area contributed by atoms with Crippen LogP contribution in [0.15, 0.2) is 75.7 Å². The van der Waals surface area contributed by atoms with Crippen molar-refractivity contribution in [2.24, 2.45) is 0 Å². The Morgan fingerprint density at radius 1 is 0.600 bits per heavy atom. The molecule has 0 aromatic heterocycles. The Balaban J connectivity index is 1.93. The van der Waals surface area contributed by atoms with Gasteiger partial charge in [0.05, 0.1) is 0 Å². The van der Waals surface area contributed by atoms with Gasteiger partial charge in [0, 0.05) is 8.95 Å². The fraction of sp³-hybridized carbons (Fsp3) is 0.0909. The van der Waals surface area contributed by atoms with Crippen molar-refractivity contribution in [3.63, 3.8) is 0 Å². The zero-order valence-corrected chi connectivity index (χ0v) is 18.1. The molecule has 3 heteroatoms. The van der Waals surface area contributed by atoms with Crippen LogP contribution in [0.5, 0.6) is 0 Å². The van der Waals surface area contributed by atoms with Crippen LogP contribution in [0.2, 0.25) is 0 Å². The molecule has 0 nitrogen and oxygen atoms in total. The van der Waals surface area contributed by atoms with Crippen molar-refractivity contribution in [3.05, 3.63) is 75.7 Å². The quantitative estimate of drug-likeness (QED) is 0.209. The van der Waals surface area contributed by atoms with E-state index in [9.17, 15) is 0 Å². The topological polar surface area (TPSA) is 0 Å². The summed E-state index contributed by atoms with van der Waals surface area (Å²) in [5.74, 6) is 0. The molecule has 0 saturated heterocycles. The van der Waals surface area contributed by atoms with Crippen molar-refractivity contribution < 1.29 is 0 Å². The van der Waals surface area contributed by atoms with Crippen molar-refractivity contribution in [1.29, 1.82) is 0 Å². The molecule has 0 saturated carbocycles. The highest BCUT2D eigenvalue weighted by Crippen LogP contribution is 2.40. The molecule has 25 heavy (non-hydrogen) atoms. The molecule has 0 aliphatic heterocycles. The van der Waals surface area contributed by atoms with Crippen LogP contribution >= 0.6 is 39.8 Å². The number of rotatable bonds is 2. The summed E-state index contributed by atoms with van der Waals surface area (Å²) in [5, 5.41) is 6.38. The average Bonchev–Trinajstić information content (AvgIpc) is 2.66. The lowest BCUT2D eigenvalue weighted by atomic mass is 9.98. The monoisotopic (exact) mass is 470 g/mol. The van der Waals surface area contributed by atoms with Gasteiger partial charge in [-0.15, -0.1) is 0 Å². The third kappa shape index (κ3) is 3.05. The van der Waals surface area contributed by atoms with E-state index in [-0.39, 0.29) is 7.92 Å². The first-order valence-electron chi connectivity index (χ1n) is 8.13. The van der Waals surface area contributed by atoms with Gasteiger partial charge < -0.3 is 0 Å². The van der Waals surface area contributed by atoms with Gasteiger partial charge in [-0.1, -0.05) is 68.6 Å². The fourth-order valence-corrected chi connectivity index (χ4v) is 5.32. The van der Waals surface area contributed by atoms with Gasteiger partial charge in [0.2, 0.25) is 0 Å². The lowest BCUT2D eigenvalue weighted by Crippen LogP contribution is -1.97. The second-order valence-corrected chi connectivity index (χ2v) is 10.3. The minimum Gasteiger partial charge on any atom is -0.0817 e. The zero-order chi connectivity index (χ0) is 17.6. The van der Waals surface area contributed by atoms with E-state index in [0.29, 0.717) is 0 Å². The molecular formula is C22H17Br2P. The summed E-state index contributed by atoms with van der Waals surface area (Å²) in [5.41, 5.74) is 2.51. The lowest BCUT2D eigenvalue weighted by molar-refractivity contribution is 1.66. The number of hydrogen-bond donors (Lipinski definition) is 0. The van der Waals surface area contributed by atoms with Crippen LogP contribution < -0.4 is 5.30 Å². The second-order valence-electron chi connectivity index (χ2n) is 6.38. The van der Waals surface area contributed by atoms with E-state index in [1.807, 2.05) is 0 Å². The standard InChI is InChI=1S/C22H17Br2P/c1-25(2)16-10-7-14(8-11-16)15-9-12-19-20(13-15)22(24)18-6-4-3-5-17(18)21(19)23/h3-13H,1-2H3. The van der Waals surface area contributed by atoms with E-state index in [4.69, 9.17) is 0 Å². The van der Waals surface area contributed by atoms with Crippen LogP contribution in [-0.2, 0) is 0 Å². The first-order chi connectivity index (χ1) is 12.1. The molecule has 0 spiro atoms. The highest BCUT2D eigenvalue weighted by Gasteiger charge is 2.11. The van der Waals surface area contributed by atoms with Crippen LogP contribution in [-0.4, -0.2) is 13.3 Å². The molecule has 0 aliphatic carbocycles. The first kappa shape index (κ1) is 17.2. The highest BCUT2D eigenvalue weighted by atomic mass is 79.9. The summed E-state index contributed by atoms with van der Waals surface area (Å²) in [7, 11) is -0.0482. The third-order valence-electron chi connectivity index (χ3n) is 4.61. The van der Waals surface area contributed by atoms with Crippen molar-refractivity contribution >= 4 is 66.6 Å². The van der Waals surface area contributed by atoms with E-state index < -0.39 is 0 Å². The van der Waals surface area contributed by atoms with Crippen molar-refractivity contribution in [2.75, 3.05) is 13.3 Å². The van der Waals surface area contributed by atoms with Gasteiger partial charge in [0.15, 0.2) is 0 Å². The van der Waals surface area contributed by atoms with E-state index in [1.54, 1.807) is 0 Å². The third-order valence-corrected chi connectivity index (χ3v) is 7.65. The van der Waals surface area contributed by atoms with Crippen LogP contribution in [0, 0.1) is 0 Å². The Kier molecular flexibility index (Phi) is 4.71. The molecule has 124 valence electrons. The Bertz CT molecular complexity index is 1080. The second kappa shape index (κ2) is 6.83. The van der Waals surface area contributed by atoms with Gasteiger partial charge in [0.25, 0.3) is 0 Å². The lowest BCUT2D eigenvalue weighted by Gasteiger charge is -2.12. The van der Waals surface area contributed by atoms with Gasteiger partial charge in [-0.2, -0.15) is 0 Å². The maximum Gasteiger partial charge on any atom is 0.0333 e. The van der Waals surface area contributed by atoms with Crippen molar-refractivity contribution in [2.45, 2.75) is 0 Å². The highest BCUT2D eigenvalue weighted by molar-refractivity contribution is 9.11. The Hall–Kier alpha value is -1.21. The maximum atomic E-state index is 3.84. The molecule has 0 fully saturated rings. The normalized spacial score (nSPS) is 11.6. The molecular weight excluding hydrogens is 455 g/mol. The first-order valence-corrected chi connectivity index (χ1v) is 12.0. The molecule has 0 unspecified atom stereocenters. The molecule has 4 aromatic rings. The fourth-order valence-electron chi connectivity index (χ4n) is 3.20. The predicted octanol–water partition coefficient (Wildman–Crippen LogP) is 7.55. The average molecular weight is 472 g/mol. The number of fused-ring (bicyclic) bond motifs is 2. The van der Waals surface area contributed by atoms with E-state index in [0.717, 1.165) is 8.95 Å². The summed E-state index contributed by atoms with van der Waals surface area (Å²) in [6, 6.07) is 24.2. The van der Waals surface area contributed by atoms with Crippen LogP contribution in [0.3, 0.4) is 0 Å². The van der Waals surface area contributed by atoms with Crippen LogP contribution in [0.25, 0.3) is 32.7 Å². The summed E-state index contributed by atoms with van der Waals surface area (Å²) in [6.07, 6.45) is 0. The van der Waals surface area contributed by atoms with Crippen LogP contribution in [0.4, 0.5) is 0 Å². The molecule has 0 N–H and O–H groups in total. The molecule has 0 bridgehead atoms. The SMILES string of the molecule is CP(C)c1ccc(-c2ccc3c(Br)c4ccccc4c(Br)c3c2)cc1. The van der Waals surface area contributed by atoms with E-state index in [1.165, 1.54) is 38.0 Å². The molecule has 4 rings (SSSR count). The molecule has 0 radical (unpaired) electrons. The molecule has 0 amide bonds. The van der Waals surface area contributed by atoms with Gasteiger partial charge in [-0.05, 0) is 89.2 Å². The largest absolute Gasteiger partial charge is 0.0817 e. The van der Waals surface area contributed by atoms with Gasteiger partial charge in [-0.25, -0.2) is 0 Å². The number of hydrogen-bond acceptors (Lipinski definition) is 0. The van der Waals surface area contributed by atoms with E-state index in [2.05, 4.69) is 112 Å². The maximum absolute atomic E-state index is 3.84. The summed E-state index contributed by atoms with van der Waals surface area (Å²) >= 11 is 7.64. The zero-order valence-electron chi connectivity index (χ0n) is 14.1. The number of halogens is 2. The number of benzene rings is 4. The summed E-state index contributed by atoms with van der Waals surface area (Å²) in [6.45, 7) is 4.58. The Morgan fingerprint density at radius 3 is 1.72 bits per heavy atom. The Morgan fingerprint density at radius 2 is 1.12 bits per heavy atom. The molecule has 0 heterocycles. The summed E-state index contributed by atoms with van der Waals surface area (Å²) in [4.78, 5) is 0. The summed E-state index contributed by atoms with van der Waals surface area (Å²) < 4.78 is 2.32.